The quantitative estimate of drug-likeness (QED) is 0.685. The highest BCUT2D eigenvalue weighted by atomic mass is 32.1. The molecule has 25 heavy (non-hydrogen) atoms. The smallest absolute Gasteiger partial charge is 0.228 e. The Hall–Kier alpha value is -1.64. The van der Waals surface area contributed by atoms with Crippen LogP contribution in [0.2, 0.25) is 0 Å². The fraction of sp³-hybridized carbons (Fsp3) is 0.471. The molecular weight excluding hydrogens is 359 g/mol. The van der Waals surface area contributed by atoms with E-state index in [1.165, 1.54) is 23.5 Å². The number of benzene rings is 1. The van der Waals surface area contributed by atoms with E-state index in [0.717, 1.165) is 18.4 Å². The van der Waals surface area contributed by atoms with Crippen LogP contribution in [0.4, 0.5) is 9.52 Å². The van der Waals surface area contributed by atoms with E-state index in [1.807, 2.05) is 14.0 Å². The van der Waals surface area contributed by atoms with E-state index in [2.05, 4.69) is 10.00 Å². The summed E-state index contributed by atoms with van der Waals surface area (Å²) in [4.78, 5) is 16.1. The fourth-order valence-corrected chi connectivity index (χ4v) is 3.80. The van der Waals surface area contributed by atoms with Crippen molar-refractivity contribution in [3.63, 3.8) is 0 Å². The average Bonchev–Trinajstić information content (AvgIpc) is 3.34. The summed E-state index contributed by atoms with van der Waals surface area (Å²) in [6.45, 7) is 3.05. The fourth-order valence-electron chi connectivity index (χ4n) is 2.63. The second-order valence-electron chi connectivity index (χ2n) is 6.28. The minimum atomic E-state index is -0.237. The van der Waals surface area contributed by atoms with Crippen LogP contribution in [-0.2, 0) is 18.0 Å². The van der Waals surface area contributed by atoms with Crippen molar-refractivity contribution in [3.05, 3.63) is 39.6 Å². The second kappa shape index (κ2) is 7.72. The normalized spacial score (nSPS) is 14.1. The molecule has 0 N–H and O–H groups in total. The van der Waals surface area contributed by atoms with E-state index >= 15 is 0 Å². The molecule has 8 heteroatoms. The number of carbonyl (C=O) groups excluding carboxylic acids is 1. The van der Waals surface area contributed by atoms with Crippen molar-refractivity contribution in [3.8, 4) is 0 Å². The van der Waals surface area contributed by atoms with Crippen molar-refractivity contribution < 1.29 is 9.18 Å². The van der Waals surface area contributed by atoms with Crippen LogP contribution in [0.25, 0.3) is 0 Å². The van der Waals surface area contributed by atoms with Crippen molar-refractivity contribution in [1.82, 2.24) is 14.7 Å². The van der Waals surface area contributed by atoms with Gasteiger partial charge in [-0.3, -0.25) is 14.6 Å². The molecule has 3 rings (SSSR count). The summed E-state index contributed by atoms with van der Waals surface area (Å²) in [6.07, 6.45) is 2.53. The van der Waals surface area contributed by atoms with Crippen LogP contribution < -0.4 is 4.90 Å². The van der Waals surface area contributed by atoms with Crippen LogP contribution >= 0.6 is 23.6 Å². The maximum Gasteiger partial charge on any atom is 0.228 e. The number of anilines is 1. The van der Waals surface area contributed by atoms with Gasteiger partial charge in [-0.15, -0.1) is 5.10 Å². The molecule has 1 fully saturated rings. The van der Waals surface area contributed by atoms with Crippen molar-refractivity contribution in [2.45, 2.75) is 45.4 Å². The first-order valence-corrected chi connectivity index (χ1v) is 9.53. The summed E-state index contributed by atoms with van der Waals surface area (Å²) < 4.78 is 15.4. The number of hydrogen-bond acceptors (Lipinski definition) is 5. The minimum Gasteiger partial charge on any atom is -0.284 e. The predicted molar refractivity (Wildman–Crippen MR) is 99.6 cm³/mol. The van der Waals surface area contributed by atoms with E-state index in [4.69, 9.17) is 12.2 Å². The van der Waals surface area contributed by atoms with E-state index in [-0.39, 0.29) is 17.8 Å². The number of aromatic nitrogens is 2. The van der Waals surface area contributed by atoms with Crippen LogP contribution in [-0.4, -0.2) is 33.7 Å². The molecule has 0 atom stereocenters. The van der Waals surface area contributed by atoms with Crippen LogP contribution in [0, 0.1) is 9.77 Å². The highest BCUT2D eigenvalue weighted by molar-refractivity contribution is 7.73. The summed E-state index contributed by atoms with van der Waals surface area (Å²) in [6, 6.07) is 6.73. The number of rotatable bonds is 7. The van der Waals surface area contributed by atoms with E-state index in [1.54, 1.807) is 21.7 Å². The molecule has 1 heterocycles. The molecule has 0 unspecified atom stereocenters. The van der Waals surface area contributed by atoms with Gasteiger partial charge in [-0.25, -0.2) is 9.07 Å². The molecule has 1 saturated carbocycles. The highest BCUT2D eigenvalue weighted by Gasteiger charge is 2.35. The lowest BCUT2D eigenvalue weighted by Crippen LogP contribution is -2.32. The maximum absolute atomic E-state index is 13.0. The molecule has 2 aromatic rings. The first kappa shape index (κ1) is 18.2. The Labute approximate surface area is 155 Å². The minimum absolute atomic E-state index is 0.0954. The lowest BCUT2D eigenvalue weighted by molar-refractivity contribution is -0.118. The molecule has 5 nitrogen and oxygen atoms in total. The summed E-state index contributed by atoms with van der Waals surface area (Å²) in [5, 5.41) is 5.26. The SMILES string of the molecule is CCC(=O)N(c1nn(CN(C)Cc2ccc(F)cc2)c(=S)s1)C1CC1. The summed E-state index contributed by atoms with van der Waals surface area (Å²) in [5.74, 6) is -0.142. The highest BCUT2D eigenvalue weighted by Crippen LogP contribution is 2.33. The third kappa shape index (κ3) is 4.50. The second-order valence-corrected chi connectivity index (χ2v) is 7.88. The average molecular weight is 381 g/mol. The van der Waals surface area contributed by atoms with Gasteiger partial charge in [-0.05, 0) is 49.8 Å². The third-order valence-electron chi connectivity index (χ3n) is 4.03. The van der Waals surface area contributed by atoms with E-state index in [9.17, 15) is 9.18 Å². The molecule has 1 aliphatic rings. The number of hydrogen-bond donors (Lipinski definition) is 0. The van der Waals surface area contributed by atoms with E-state index < -0.39 is 0 Å². The van der Waals surface area contributed by atoms with Crippen LogP contribution in [0.1, 0.15) is 31.7 Å². The molecule has 0 saturated heterocycles. The van der Waals surface area contributed by atoms with Crippen molar-refractivity contribution >= 4 is 34.6 Å². The third-order valence-corrected chi connectivity index (χ3v) is 5.33. The standard InChI is InChI=1S/C17H21FN4OS2/c1-3-15(23)22(14-8-9-14)16-19-21(17(24)25-16)11-20(2)10-12-4-6-13(18)7-5-12/h4-7,14H,3,8-11H2,1-2H3. The van der Waals surface area contributed by atoms with Gasteiger partial charge >= 0.3 is 0 Å². The van der Waals surface area contributed by atoms with Gasteiger partial charge in [0.05, 0.1) is 6.67 Å². The topological polar surface area (TPSA) is 41.4 Å². The lowest BCUT2D eigenvalue weighted by Gasteiger charge is -2.18. The molecule has 0 bridgehead atoms. The Morgan fingerprint density at radius 3 is 2.68 bits per heavy atom. The van der Waals surface area contributed by atoms with Crippen molar-refractivity contribution in [2.75, 3.05) is 11.9 Å². The van der Waals surface area contributed by atoms with Crippen molar-refractivity contribution in [2.24, 2.45) is 0 Å². The van der Waals surface area contributed by atoms with Gasteiger partial charge in [0.1, 0.15) is 5.82 Å². The monoisotopic (exact) mass is 380 g/mol. The van der Waals surface area contributed by atoms with Crippen LogP contribution in [0.5, 0.6) is 0 Å². The number of nitrogens with zero attached hydrogens (tertiary/aromatic N) is 4. The molecule has 1 aromatic carbocycles. The van der Waals surface area contributed by atoms with Gasteiger partial charge in [0.15, 0.2) is 3.95 Å². The zero-order chi connectivity index (χ0) is 18.0. The largest absolute Gasteiger partial charge is 0.284 e. The number of amides is 1. The molecule has 0 radical (unpaired) electrons. The molecule has 134 valence electrons. The van der Waals surface area contributed by atoms with Gasteiger partial charge in [-0.2, -0.15) is 0 Å². The summed E-state index contributed by atoms with van der Waals surface area (Å²) in [5.41, 5.74) is 1.02. The lowest BCUT2D eigenvalue weighted by atomic mass is 10.2. The van der Waals surface area contributed by atoms with Gasteiger partial charge < -0.3 is 0 Å². The number of halogens is 1. The summed E-state index contributed by atoms with van der Waals surface area (Å²) in [7, 11) is 1.96. The zero-order valence-electron chi connectivity index (χ0n) is 14.3. The Balaban J connectivity index is 1.70. The summed E-state index contributed by atoms with van der Waals surface area (Å²) >= 11 is 6.81. The van der Waals surface area contributed by atoms with Gasteiger partial charge in [0, 0.05) is 19.0 Å². The Morgan fingerprint density at radius 1 is 1.40 bits per heavy atom. The van der Waals surface area contributed by atoms with Crippen LogP contribution in [0.3, 0.4) is 0 Å². The first-order chi connectivity index (χ1) is 12.0. The predicted octanol–water partition coefficient (Wildman–Crippen LogP) is 3.81. The molecule has 0 spiro atoms. The maximum atomic E-state index is 13.0. The Kier molecular flexibility index (Phi) is 5.61. The molecule has 1 aromatic heterocycles. The van der Waals surface area contributed by atoms with Gasteiger partial charge in [0.2, 0.25) is 11.0 Å². The Bertz CT molecular complexity index is 798. The van der Waals surface area contributed by atoms with Gasteiger partial charge in [0.25, 0.3) is 0 Å². The molecule has 1 aliphatic carbocycles. The molecule has 0 aliphatic heterocycles. The zero-order valence-corrected chi connectivity index (χ0v) is 15.9. The molecular formula is C17H21FN4OS2. The van der Waals surface area contributed by atoms with Crippen LogP contribution in [0.15, 0.2) is 24.3 Å². The Morgan fingerprint density at radius 2 is 2.08 bits per heavy atom. The van der Waals surface area contributed by atoms with E-state index in [0.29, 0.717) is 28.7 Å². The number of carbonyl (C=O) groups is 1. The first-order valence-electron chi connectivity index (χ1n) is 8.31. The van der Waals surface area contributed by atoms with Gasteiger partial charge in [-0.1, -0.05) is 30.4 Å². The van der Waals surface area contributed by atoms with Crippen molar-refractivity contribution in [1.29, 1.82) is 0 Å². The molecule has 1 amide bonds.